The molecular weight excluding hydrogens is 326 g/mol. The average molecular weight is 353 g/mol. The summed E-state index contributed by atoms with van der Waals surface area (Å²) in [5.41, 5.74) is 8.73. The van der Waals surface area contributed by atoms with Crippen LogP contribution in [0.5, 0.6) is 0 Å². The molecule has 0 bridgehead atoms. The van der Waals surface area contributed by atoms with E-state index in [1.54, 1.807) is 0 Å². The van der Waals surface area contributed by atoms with Gasteiger partial charge in [0, 0.05) is 44.8 Å². The van der Waals surface area contributed by atoms with Crippen LogP contribution in [-0.2, 0) is 4.74 Å². The number of piperazine rings is 1. The lowest BCUT2D eigenvalue weighted by Crippen LogP contribution is -2.46. The van der Waals surface area contributed by atoms with Crippen LogP contribution in [0.3, 0.4) is 0 Å². The lowest BCUT2D eigenvalue weighted by molar-refractivity contribution is 0.0910. The number of nitrogens with zero attached hydrogens (tertiary/aromatic N) is 2. The van der Waals surface area contributed by atoms with E-state index in [4.69, 9.17) is 10.5 Å². The summed E-state index contributed by atoms with van der Waals surface area (Å²) in [5.74, 6) is 0. The van der Waals surface area contributed by atoms with Gasteiger partial charge in [-0.15, -0.1) is 0 Å². The maximum Gasteiger partial charge on any atom is 0.405 e. The summed E-state index contributed by atoms with van der Waals surface area (Å²) >= 11 is 0. The number of benzene rings is 2. The van der Waals surface area contributed by atoms with Crippen LogP contribution < -0.4 is 10.6 Å². The number of rotatable bonds is 6. The highest BCUT2D eigenvalue weighted by Gasteiger charge is 2.20. The Balaban J connectivity index is 1.53. The molecule has 2 N–H and O–H groups in total. The summed E-state index contributed by atoms with van der Waals surface area (Å²) in [6.45, 7) is 6.96. The van der Waals surface area contributed by atoms with Crippen molar-refractivity contribution in [1.29, 1.82) is 0 Å². The highest BCUT2D eigenvalue weighted by molar-refractivity contribution is 5.65. The van der Waals surface area contributed by atoms with Crippen LogP contribution in [-0.4, -0.2) is 43.7 Å². The highest BCUT2D eigenvalue weighted by Crippen LogP contribution is 2.23. The second-order valence-electron chi connectivity index (χ2n) is 6.79. The van der Waals surface area contributed by atoms with E-state index in [0.29, 0.717) is 0 Å². The van der Waals surface area contributed by atoms with E-state index in [1.165, 1.54) is 11.3 Å². The summed E-state index contributed by atoms with van der Waals surface area (Å²) in [7, 11) is 0. The van der Waals surface area contributed by atoms with Gasteiger partial charge in [-0.3, -0.25) is 4.90 Å². The zero-order chi connectivity index (χ0) is 18.4. The fourth-order valence-corrected chi connectivity index (χ4v) is 3.38. The van der Waals surface area contributed by atoms with Gasteiger partial charge in [-0.2, -0.15) is 0 Å². The first-order chi connectivity index (χ1) is 12.6. The number of para-hydroxylation sites is 1. The Kier molecular flexibility index (Phi) is 6.12. The van der Waals surface area contributed by atoms with Crippen molar-refractivity contribution in [2.45, 2.75) is 19.4 Å². The summed E-state index contributed by atoms with van der Waals surface area (Å²) in [5, 5.41) is 0. The number of aryl methyl sites for hydroxylation is 1. The first kappa shape index (κ1) is 18.3. The van der Waals surface area contributed by atoms with Crippen molar-refractivity contribution in [3.63, 3.8) is 0 Å². The lowest BCUT2D eigenvalue weighted by atomic mass is 10.0. The van der Waals surface area contributed by atoms with Crippen molar-refractivity contribution < 1.29 is 9.53 Å². The summed E-state index contributed by atoms with van der Waals surface area (Å²) in [6, 6.07) is 18.6. The molecule has 1 aliphatic rings. The van der Waals surface area contributed by atoms with Crippen molar-refractivity contribution >= 4 is 11.8 Å². The number of anilines is 1. The zero-order valence-corrected chi connectivity index (χ0v) is 15.3. The number of ether oxygens (including phenoxy) is 1. The van der Waals surface area contributed by atoms with E-state index in [0.717, 1.165) is 44.7 Å². The van der Waals surface area contributed by atoms with Crippen molar-refractivity contribution in [3.05, 3.63) is 65.7 Å². The molecule has 26 heavy (non-hydrogen) atoms. The first-order valence-electron chi connectivity index (χ1n) is 9.17. The fraction of sp³-hybridized carbons (Fsp3) is 0.381. The van der Waals surface area contributed by atoms with Crippen LogP contribution in [0.15, 0.2) is 54.6 Å². The molecule has 0 aliphatic carbocycles. The molecule has 1 saturated heterocycles. The normalized spacial score (nSPS) is 16.3. The number of primary amides is 1. The van der Waals surface area contributed by atoms with Crippen LogP contribution in [0, 0.1) is 6.92 Å². The Labute approximate surface area is 155 Å². The molecule has 0 saturated carbocycles. The van der Waals surface area contributed by atoms with E-state index in [1.807, 2.05) is 37.3 Å². The minimum Gasteiger partial charge on any atom is -0.441 e. The summed E-state index contributed by atoms with van der Waals surface area (Å²) in [6.07, 6.45) is -0.262. The molecule has 2 aromatic rings. The van der Waals surface area contributed by atoms with Gasteiger partial charge in [0.1, 0.15) is 6.10 Å². The maximum absolute atomic E-state index is 11.3. The second kappa shape index (κ2) is 8.72. The minimum atomic E-state index is -0.718. The molecule has 0 aromatic heterocycles. The predicted octanol–water partition coefficient (Wildman–Crippen LogP) is 3.34. The number of carbonyl (C=O) groups excluding carboxylic acids is 1. The molecule has 1 unspecified atom stereocenters. The monoisotopic (exact) mass is 353 g/mol. The van der Waals surface area contributed by atoms with Crippen LogP contribution in [0.2, 0.25) is 0 Å². The van der Waals surface area contributed by atoms with Gasteiger partial charge in [-0.25, -0.2) is 4.79 Å². The molecule has 0 radical (unpaired) electrons. The highest BCUT2D eigenvalue weighted by atomic mass is 16.6. The smallest absolute Gasteiger partial charge is 0.405 e. The van der Waals surface area contributed by atoms with Crippen molar-refractivity contribution in [1.82, 2.24) is 4.90 Å². The molecule has 1 amide bonds. The van der Waals surface area contributed by atoms with Crippen LogP contribution in [0.4, 0.5) is 10.5 Å². The third-order valence-electron chi connectivity index (χ3n) is 4.91. The molecule has 1 aliphatic heterocycles. The van der Waals surface area contributed by atoms with Gasteiger partial charge in [0.15, 0.2) is 0 Å². The van der Waals surface area contributed by atoms with Gasteiger partial charge >= 0.3 is 6.09 Å². The molecule has 0 spiro atoms. The van der Waals surface area contributed by atoms with Crippen LogP contribution in [0.25, 0.3) is 0 Å². The van der Waals surface area contributed by atoms with E-state index >= 15 is 0 Å². The SMILES string of the molecule is Cc1ccc(C(CCN2CCN(c3ccccc3)CC2)OC(N)=O)cc1. The Morgan fingerprint density at radius 2 is 1.69 bits per heavy atom. The van der Waals surface area contributed by atoms with E-state index in [-0.39, 0.29) is 6.10 Å². The van der Waals surface area contributed by atoms with E-state index < -0.39 is 6.09 Å². The van der Waals surface area contributed by atoms with Gasteiger partial charge in [0.25, 0.3) is 0 Å². The molecular formula is C21H27N3O2. The number of amides is 1. The zero-order valence-electron chi connectivity index (χ0n) is 15.3. The molecule has 1 fully saturated rings. The van der Waals surface area contributed by atoms with E-state index in [2.05, 4.69) is 34.1 Å². The van der Waals surface area contributed by atoms with Gasteiger partial charge in [-0.1, -0.05) is 48.0 Å². The standard InChI is InChI=1S/C21H27N3O2/c1-17-7-9-18(10-8-17)20(26-21(22)25)11-12-23-13-15-24(16-14-23)19-5-3-2-4-6-19/h2-10,20H,11-16H2,1H3,(H2,22,25). The van der Waals surface area contributed by atoms with Gasteiger partial charge in [0.2, 0.25) is 0 Å². The number of hydrogen-bond acceptors (Lipinski definition) is 4. The first-order valence-corrected chi connectivity index (χ1v) is 9.17. The Morgan fingerprint density at radius 1 is 1.04 bits per heavy atom. The quantitative estimate of drug-likeness (QED) is 0.865. The van der Waals surface area contributed by atoms with Gasteiger partial charge < -0.3 is 15.4 Å². The van der Waals surface area contributed by atoms with Crippen LogP contribution in [0.1, 0.15) is 23.7 Å². The Bertz CT molecular complexity index is 695. The van der Waals surface area contributed by atoms with Gasteiger partial charge in [0.05, 0.1) is 0 Å². The van der Waals surface area contributed by atoms with Gasteiger partial charge in [-0.05, 0) is 24.6 Å². The lowest BCUT2D eigenvalue weighted by Gasteiger charge is -2.36. The largest absolute Gasteiger partial charge is 0.441 e. The molecule has 2 aromatic carbocycles. The number of hydrogen-bond donors (Lipinski definition) is 1. The maximum atomic E-state index is 11.3. The second-order valence-corrected chi connectivity index (χ2v) is 6.79. The summed E-state index contributed by atoms with van der Waals surface area (Å²) < 4.78 is 5.36. The molecule has 1 heterocycles. The molecule has 5 nitrogen and oxygen atoms in total. The molecule has 1 atom stereocenters. The Morgan fingerprint density at radius 3 is 2.31 bits per heavy atom. The van der Waals surface area contributed by atoms with Crippen molar-refractivity contribution in [2.75, 3.05) is 37.6 Å². The third kappa shape index (κ3) is 4.99. The summed E-state index contributed by atoms with van der Waals surface area (Å²) in [4.78, 5) is 16.1. The molecule has 138 valence electrons. The van der Waals surface area contributed by atoms with E-state index in [9.17, 15) is 4.79 Å². The van der Waals surface area contributed by atoms with Crippen molar-refractivity contribution in [3.8, 4) is 0 Å². The van der Waals surface area contributed by atoms with Crippen LogP contribution >= 0.6 is 0 Å². The molecule has 3 rings (SSSR count). The topological polar surface area (TPSA) is 58.8 Å². The Hall–Kier alpha value is -2.53. The predicted molar refractivity (Wildman–Crippen MR) is 104 cm³/mol. The fourth-order valence-electron chi connectivity index (χ4n) is 3.38. The average Bonchev–Trinajstić information content (AvgIpc) is 2.67. The number of nitrogens with two attached hydrogens (primary N) is 1. The third-order valence-corrected chi connectivity index (χ3v) is 4.91. The number of carbonyl (C=O) groups is 1. The minimum absolute atomic E-state index is 0.291. The molecule has 5 heteroatoms. The van der Waals surface area contributed by atoms with Crippen molar-refractivity contribution in [2.24, 2.45) is 5.73 Å².